The molecule has 0 amide bonds. The lowest BCUT2D eigenvalue weighted by atomic mass is 10.1. The second-order valence-corrected chi connectivity index (χ2v) is 3.20. The summed E-state index contributed by atoms with van der Waals surface area (Å²) in [4.78, 5) is 0. The summed E-state index contributed by atoms with van der Waals surface area (Å²) >= 11 is 0. The fourth-order valence-corrected chi connectivity index (χ4v) is 1.47. The standard InChI is InChI=1S/C14H18O2/c1-5-11-9-14(16-8-4)12(6-2)10-13(11)15-7-3/h5-6,9-10H,1-2,7-8H2,3-4H3. The van der Waals surface area contributed by atoms with Crippen LogP contribution in [0.5, 0.6) is 11.5 Å². The molecule has 0 aliphatic carbocycles. The lowest BCUT2D eigenvalue weighted by Crippen LogP contribution is -1.98. The zero-order valence-electron chi connectivity index (χ0n) is 9.95. The summed E-state index contributed by atoms with van der Waals surface area (Å²) in [7, 11) is 0. The summed E-state index contributed by atoms with van der Waals surface area (Å²) in [6.07, 6.45) is 3.53. The third kappa shape index (κ3) is 2.66. The number of hydrogen-bond donors (Lipinski definition) is 0. The van der Waals surface area contributed by atoms with Crippen molar-refractivity contribution in [3.8, 4) is 11.5 Å². The molecule has 2 nitrogen and oxygen atoms in total. The Hall–Kier alpha value is -1.70. The number of rotatable bonds is 6. The van der Waals surface area contributed by atoms with Crippen LogP contribution in [0.4, 0.5) is 0 Å². The molecule has 0 aromatic heterocycles. The van der Waals surface area contributed by atoms with E-state index in [0.717, 1.165) is 22.6 Å². The Balaban J connectivity index is 3.21. The van der Waals surface area contributed by atoms with Gasteiger partial charge in [0.15, 0.2) is 0 Å². The molecule has 0 aliphatic rings. The van der Waals surface area contributed by atoms with E-state index in [2.05, 4.69) is 13.2 Å². The first-order valence-electron chi connectivity index (χ1n) is 5.45. The van der Waals surface area contributed by atoms with Gasteiger partial charge in [0, 0.05) is 11.1 Å². The Labute approximate surface area is 97.2 Å². The highest BCUT2D eigenvalue weighted by atomic mass is 16.5. The first-order chi connectivity index (χ1) is 7.76. The molecule has 2 heteroatoms. The Morgan fingerprint density at radius 1 is 0.938 bits per heavy atom. The van der Waals surface area contributed by atoms with Crippen molar-refractivity contribution in [3.05, 3.63) is 36.4 Å². The number of benzene rings is 1. The lowest BCUT2D eigenvalue weighted by Gasteiger charge is -2.13. The van der Waals surface area contributed by atoms with Crippen molar-refractivity contribution in [2.45, 2.75) is 13.8 Å². The Kier molecular flexibility index (Phi) is 4.65. The third-order valence-corrected chi connectivity index (χ3v) is 2.18. The second-order valence-electron chi connectivity index (χ2n) is 3.20. The van der Waals surface area contributed by atoms with E-state index in [4.69, 9.17) is 9.47 Å². The van der Waals surface area contributed by atoms with Crippen LogP contribution in [0.1, 0.15) is 25.0 Å². The van der Waals surface area contributed by atoms with Crippen LogP contribution in [-0.2, 0) is 0 Å². The van der Waals surface area contributed by atoms with Gasteiger partial charge in [-0.1, -0.05) is 25.3 Å². The summed E-state index contributed by atoms with van der Waals surface area (Å²) in [5, 5.41) is 0. The van der Waals surface area contributed by atoms with Crippen LogP contribution in [0.2, 0.25) is 0 Å². The van der Waals surface area contributed by atoms with Crippen molar-refractivity contribution in [1.29, 1.82) is 0 Å². The summed E-state index contributed by atoms with van der Waals surface area (Å²) in [5.41, 5.74) is 1.88. The Morgan fingerprint density at radius 2 is 1.31 bits per heavy atom. The van der Waals surface area contributed by atoms with Crippen molar-refractivity contribution in [3.63, 3.8) is 0 Å². The Bertz CT molecular complexity index is 343. The van der Waals surface area contributed by atoms with Crippen molar-refractivity contribution >= 4 is 12.2 Å². The molecule has 1 aromatic rings. The van der Waals surface area contributed by atoms with Crippen LogP contribution in [0, 0.1) is 0 Å². The molecule has 0 radical (unpaired) electrons. The van der Waals surface area contributed by atoms with Gasteiger partial charge in [-0.05, 0) is 26.0 Å². The summed E-state index contributed by atoms with van der Waals surface area (Å²) < 4.78 is 11.1. The predicted molar refractivity (Wildman–Crippen MR) is 69.0 cm³/mol. The highest BCUT2D eigenvalue weighted by Crippen LogP contribution is 2.30. The molecule has 86 valence electrons. The molecule has 0 N–H and O–H groups in total. The van der Waals surface area contributed by atoms with E-state index in [0.29, 0.717) is 13.2 Å². The van der Waals surface area contributed by atoms with Crippen LogP contribution in [0.3, 0.4) is 0 Å². The SMILES string of the molecule is C=Cc1cc(OCC)c(C=C)cc1OCC. The quantitative estimate of drug-likeness (QED) is 0.723. The highest BCUT2D eigenvalue weighted by molar-refractivity contribution is 5.66. The van der Waals surface area contributed by atoms with Gasteiger partial charge in [-0.2, -0.15) is 0 Å². The molecule has 0 unspecified atom stereocenters. The largest absolute Gasteiger partial charge is 0.493 e. The van der Waals surface area contributed by atoms with Gasteiger partial charge < -0.3 is 9.47 Å². The van der Waals surface area contributed by atoms with Crippen LogP contribution >= 0.6 is 0 Å². The van der Waals surface area contributed by atoms with Crippen molar-refractivity contribution in [1.82, 2.24) is 0 Å². The normalized spacial score (nSPS) is 9.62. The molecule has 0 aliphatic heterocycles. The second kappa shape index (κ2) is 6.01. The van der Waals surface area contributed by atoms with Crippen LogP contribution in [0.15, 0.2) is 25.3 Å². The Morgan fingerprint density at radius 3 is 1.56 bits per heavy atom. The minimum Gasteiger partial charge on any atom is -0.493 e. The molecule has 0 fully saturated rings. The lowest BCUT2D eigenvalue weighted by molar-refractivity contribution is 0.329. The van der Waals surface area contributed by atoms with Crippen molar-refractivity contribution < 1.29 is 9.47 Å². The smallest absolute Gasteiger partial charge is 0.127 e. The maximum Gasteiger partial charge on any atom is 0.127 e. The van der Waals surface area contributed by atoms with Gasteiger partial charge in [0.05, 0.1) is 13.2 Å². The van der Waals surface area contributed by atoms with Crippen molar-refractivity contribution in [2.24, 2.45) is 0 Å². The minimum atomic E-state index is 0.630. The number of ether oxygens (including phenoxy) is 2. The van der Waals surface area contributed by atoms with E-state index < -0.39 is 0 Å². The maximum atomic E-state index is 5.53. The zero-order valence-corrected chi connectivity index (χ0v) is 9.95. The van der Waals surface area contributed by atoms with Crippen LogP contribution < -0.4 is 9.47 Å². The molecule has 16 heavy (non-hydrogen) atoms. The zero-order chi connectivity index (χ0) is 12.0. The molecule has 0 saturated carbocycles. The molecule has 0 atom stereocenters. The van der Waals surface area contributed by atoms with E-state index in [9.17, 15) is 0 Å². The van der Waals surface area contributed by atoms with Gasteiger partial charge >= 0.3 is 0 Å². The average molecular weight is 218 g/mol. The molecule has 1 aromatic carbocycles. The fraction of sp³-hybridized carbons (Fsp3) is 0.286. The van der Waals surface area contributed by atoms with Crippen LogP contribution in [-0.4, -0.2) is 13.2 Å². The topological polar surface area (TPSA) is 18.5 Å². The number of hydrogen-bond acceptors (Lipinski definition) is 2. The maximum absolute atomic E-state index is 5.53. The fourth-order valence-electron chi connectivity index (χ4n) is 1.47. The van der Waals surface area contributed by atoms with Crippen molar-refractivity contribution in [2.75, 3.05) is 13.2 Å². The van der Waals surface area contributed by atoms with Gasteiger partial charge in [0.1, 0.15) is 11.5 Å². The van der Waals surface area contributed by atoms with Crippen LogP contribution in [0.25, 0.3) is 12.2 Å². The third-order valence-electron chi connectivity index (χ3n) is 2.18. The minimum absolute atomic E-state index is 0.630. The van der Waals surface area contributed by atoms with Gasteiger partial charge in [0.25, 0.3) is 0 Å². The summed E-state index contributed by atoms with van der Waals surface area (Å²) in [5.74, 6) is 1.63. The van der Waals surface area contributed by atoms with Gasteiger partial charge in [-0.3, -0.25) is 0 Å². The predicted octanol–water partition coefficient (Wildman–Crippen LogP) is 3.77. The molecule has 1 rings (SSSR count). The average Bonchev–Trinajstić information content (AvgIpc) is 2.31. The highest BCUT2D eigenvalue weighted by Gasteiger charge is 2.07. The van der Waals surface area contributed by atoms with E-state index in [1.165, 1.54) is 0 Å². The molecule has 0 heterocycles. The molecule has 0 saturated heterocycles. The summed E-state index contributed by atoms with van der Waals surface area (Å²) in [6.45, 7) is 12.7. The first kappa shape index (κ1) is 12.4. The van der Waals surface area contributed by atoms with E-state index in [1.807, 2.05) is 26.0 Å². The molecule has 0 bridgehead atoms. The van der Waals surface area contributed by atoms with Gasteiger partial charge in [-0.25, -0.2) is 0 Å². The van der Waals surface area contributed by atoms with Gasteiger partial charge in [-0.15, -0.1) is 0 Å². The van der Waals surface area contributed by atoms with E-state index >= 15 is 0 Å². The first-order valence-corrected chi connectivity index (χ1v) is 5.45. The molecular weight excluding hydrogens is 200 g/mol. The molecular formula is C14H18O2. The molecule has 0 spiro atoms. The van der Waals surface area contributed by atoms with E-state index in [-0.39, 0.29) is 0 Å². The monoisotopic (exact) mass is 218 g/mol. The summed E-state index contributed by atoms with van der Waals surface area (Å²) in [6, 6.07) is 3.86. The van der Waals surface area contributed by atoms with E-state index in [1.54, 1.807) is 12.2 Å². The van der Waals surface area contributed by atoms with Gasteiger partial charge in [0.2, 0.25) is 0 Å².